The maximum Gasteiger partial charge on any atom is 0.301 e. The standard InChI is InChI=1S/C17H9F3N2S3/c1-6-3-10(18)12(14-13(6)21-25-22-14)11-5-9-16(24-11)15-8(17(9,19)20)4-7(2)23-15/h3-5H,1-2H3. The Labute approximate surface area is 152 Å². The summed E-state index contributed by atoms with van der Waals surface area (Å²) >= 11 is 3.55. The molecule has 3 aromatic heterocycles. The van der Waals surface area contributed by atoms with E-state index in [1.54, 1.807) is 13.0 Å². The Morgan fingerprint density at radius 1 is 0.920 bits per heavy atom. The van der Waals surface area contributed by atoms with E-state index in [1.165, 1.54) is 34.8 Å². The van der Waals surface area contributed by atoms with Gasteiger partial charge >= 0.3 is 5.92 Å². The molecule has 126 valence electrons. The van der Waals surface area contributed by atoms with Crippen molar-refractivity contribution in [2.45, 2.75) is 19.8 Å². The highest BCUT2D eigenvalue weighted by Gasteiger charge is 2.47. The molecule has 0 saturated heterocycles. The Morgan fingerprint density at radius 2 is 1.60 bits per heavy atom. The number of nitrogens with zero attached hydrogens (tertiary/aromatic N) is 2. The van der Waals surface area contributed by atoms with Crippen LogP contribution in [0.3, 0.4) is 0 Å². The molecule has 2 nitrogen and oxygen atoms in total. The quantitative estimate of drug-likeness (QED) is 0.375. The Bertz CT molecular complexity index is 1170. The average molecular weight is 394 g/mol. The molecule has 0 N–H and O–H groups in total. The summed E-state index contributed by atoms with van der Waals surface area (Å²) in [5, 5.41) is 0. The molecular formula is C17H9F3N2S3. The molecule has 0 radical (unpaired) electrons. The minimum atomic E-state index is -3.04. The van der Waals surface area contributed by atoms with E-state index in [1.807, 2.05) is 6.92 Å². The van der Waals surface area contributed by atoms with Gasteiger partial charge in [0.25, 0.3) is 0 Å². The monoisotopic (exact) mass is 394 g/mol. The van der Waals surface area contributed by atoms with Gasteiger partial charge in [0, 0.05) is 20.9 Å². The second kappa shape index (κ2) is 4.90. The smallest absolute Gasteiger partial charge is 0.206 e. The number of aromatic nitrogens is 2. The first kappa shape index (κ1) is 15.5. The fourth-order valence-electron chi connectivity index (χ4n) is 3.27. The molecule has 0 unspecified atom stereocenters. The number of aryl methyl sites for hydroxylation is 2. The summed E-state index contributed by atoms with van der Waals surface area (Å²) in [5.41, 5.74) is 2.04. The van der Waals surface area contributed by atoms with Crippen molar-refractivity contribution in [3.05, 3.63) is 45.6 Å². The van der Waals surface area contributed by atoms with Crippen LogP contribution in [0.1, 0.15) is 21.6 Å². The van der Waals surface area contributed by atoms with Crippen LogP contribution in [-0.2, 0) is 5.92 Å². The molecule has 0 aliphatic heterocycles. The normalized spacial score (nSPS) is 14.9. The lowest BCUT2D eigenvalue weighted by Crippen LogP contribution is -2.09. The zero-order chi connectivity index (χ0) is 17.5. The molecule has 1 aliphatic rings. The molecule has 0 amide bonds. The molecule has 0 fully saturated rings. The zero-order valence-corrected chi connectivity index (χ0v) is 15.4. The number of benzene rings is 1. The van der Waals surface area contributed by atoms with Crippen LogP contribution in [0.4, 0.5) is 13.2 Å². The molecule has 0 bridgehead atoms. The predicted octanol–water partition coefficient (Wildman–Crippen LogP) is 6.36. The first-order valence-electron chi connectivity index (χ1n) is 7.43. The number of hydrogen-bond acceptors (Lipinski definition) is 5. The van der Waals surface area contributed by atoms with Crippen molar-refractivity contribution in [1.82, 2.24) is 8.75 Å². The summed E-state index contributed by atoms with van der Waals surface area (Å²) in [7, 11) is 0. The summed E-state index contributed by atoms with van der Waals surface area (Å²) < 4.78 is 52.6. The van der Waals surface area contributed by atoms with E-state index < -0.39 is 11.7 Å². The molecule has 5 rings (SSSR count). The average Bonchev–Trinajstić information content (AvgIpc) is 3.26. The number of alkyl halides is 2. The molecule has 25 heavy (non-hydrogen) atoms. The van der Waals surface area contributed by atoms with Crippen LogP contribution in [0.25, 0.3) is 31.2 Å². The lowest BCUT2D eigenvalue weighted by atomic mass is 10.0. The highest BCUT2D eigenvalue weighted by Crippen LogP contribution is 2.58. The third-order valence-electron chi connectivity index (χ3n) is 4.40. The Morgan fingerprint density at radius 3 is 2.40 bits per heavy atom. The number of fused-ring (bicyclic) bond motifs is 4. The van der Waals surface area contributed by atoms with Crippen LogP contribution in [0, 0.1) is 19.7 Å². The SMILES string of the molecule is Cc1cc2c(s1)-c1sc(-c3c(F)cc(C)c4nsnc34)cc1C2(F)F. The molecule has 0 atom stereocenters. The maximum absolute atomic E-state index is 14.8. The largest absolute Gasteiger partial charge is 0.301 e. The van der Waals surface area contributed by atoms with Gasteiger partial charge in [0.2, 0.25) is 0 Å². The second-order valence-electron chi connectivity index (χ2n) is 6.04. The first-order valence-corrected chi connectivity index (χ1v) is 9.79. The zero-order valence-electron chi connectivity index (χ0n) is 13.0. The molecule has 8 heteroatoms. The van der Waals surface area contributed by atoms with E-state index in [2.05, 4.69) is 8.75 Å². The lowest BCUT2D eigenvalue weighted by molar-refractivity contribution is 0.0485. The molecular weight excluding hydrogens is 385 g/mol. The lowest BCUT2D eigenvalue weighted by Gasteiger charge is -2.09. The van der Waals surface area contributed by atoms with Crippen molar-refractivity contribution in [2.75, 3.05) is 0 Å². The van der Waals surface area contributed by atoms with Crippen LogP contribution >= 0.6 is 34.4 Å². The van der Waals surface area contributed by atoms with Gasteiger partial charge in [0.15, 0.2) is 0 Å². The highest BCUT2D eigenvalue weighted by molar-refractivity contribution is 7.24. The summed E-state index contributed by atoms with van der Waals surface area (Å²) in [6.45, 7) is 3.58. The van der Waals surface area contributed by atoms with Gasteiger partial charge in [0.1, 0.15) is 16.9 Å². The topological polar surface area (TPSA) is 25.8 Å². The van der Waals surface area contributed by atoms with Gasteiger partial charge in [-0.15, -0.1) is 22.7 Å². The molecule has 0 spiro atoms. The Kier molecular flexibility index (Phi) is 3.03. The number of thiophene rings is 2. The van der Waals surface area contributed by atoms with E-state index in [0.717, 1.165) is 16.6 Å². The van der Waals surface area contributed by atoms with E-state index >= 15 is 0 Å². The third kappa shape index (κ3) is 1.95. The Balaban J connectivity index is 1.80. The Hall–Kier alpha value is -1.77. The van der Waals surface area contributed by atoms with E-state index in [-0.39, 0.29) is 16.7 Å². The van der Waals surface area contributed by atoms with E-state index in [4.69, 9.17) is 0 Å². The second-order valence-corrected chi connectivity index (χ2v) is 8.88. The van der Waals surface area contributed by atoms with Gasteiger partial charge in [0.05, 0.1) is 27.0 Å². The first-order chi connectivity index (χ1) is 11.9. The van der Waals surface area contributed by atoms with Crippen LogP contribution in [0.2, 0.25) is 0 Å². The van der Waals surface area contributed by atoms with Crippen molar-refractivity contribution in [3.8, 4) is 20.2 Å². The fourth-order valence-corrected chi connectivity index (χ4v) is 6.32. The van der Waals surface area contributed by atoms with Crippen LogP contribution in [0.5, 0.6) is 0 Å². The molecule has 3 heterocycles. The van der Waals surface area contributed by atoms with Gasteiger partial charge in [-0.2, -0.15) is 17.5 Å². The molecule has 4 aromatic rings. The summed E-state index contributed by atoms with van der Waals surface area (Å²) in [6, 6.07) is 4.35. The van der Waals surface area contributed by atoms with Crippen molar-refractivity contribution in [2.24, 2.45) is 0 Å². The number of hydrogen-bond donors (Lipinski definition) is 0. The van der Waals surface area contributed by atoms with Gasteiger partial charge < -0.3 is 0 Å². The number of rotatable bonds is 1. The van der Waals surface area contributed by atoms with E-state index in [9.17, 15) is 13.2 Å². The van der Waals surface area contributed by atoms with Crippen LogP contribution in [0.15, 0.2) is 18.2 Å². The van der Waals surface area contributed by atoms with Gasteiger partial charge in [-0.1, -0.05) is 0 Å². The van der Waals surface area contributed by atoms with Crippen molar-refractivity contribution >= 4 is 45.4 Å². The minimum Gasteiger partial charge on any atom is -0.206 e. The van der Waals surface area contributed by atoms with Gasteiger partial charge in [-0.25, -0.2) is 4.39 Å². The van der Waals surface area contributed by atoms with E-state index in [0.29, 0.717) is 31.2 Å². The summed E-state index contributed by atoms with van der Waals surface area (Å²) in [4.78, 5) is 2.44. The third-order valence-corrected chi connectivity index (χ3v) is 7.29. The summed E-state index contributed by atoms with van der Waals surface area (Å²) in [6.07, 6.45) is 0. The minimum absolute atomic E-state index is 0.0370. The van der Waals surface area contributed by atoms with Crippen molar-refractivity contribution in [1.29, 1.82) is 0 Å². The van der Waals surface area contributed by atoms with Crippen molar-refractivity contribution in [3.63, 3.8) is 0 Å². The highest BCUT2D eigenvalue weighted by atomic mass is 32.1. The predicted molar refractivity (Wildman–Crippen MR) is 96.5 cm³/mol. The molecule has 1 aromatic carbocycles. The van der Waals surface area contributed by atoms with Gasteiger partial charge in [-0.05, 0) is 37.6 Å². The molecule has 0 saturated carbocycles. The number of halogens is 3. The van der Waals surface area contributed by atoms with Crippen LogP contribution < -0.4 is 0 Å². The fraction of sp³-hybridized carbons (Fsp3) is 0.176. The van der Waals surface area contributed by atoms with Crippen molar-refractivity contribution < 1.29 is 13.2 Å². The van der Waals surface area contributed by atoms with Crippen LogP contribution in [-0.4, -0.2) is 8.75 Å². The maximum atomic E-state index is 14.8. The molecule has 1 aliphatic carbocycles. The van der Waals surface area contributed by atoms with Gasteiger partial charge in [-0.3, -0.25) is 0 Å². The summed E-state index contributed by atoms with van der Waals surface area (Å²) in [5.74, 6) is -3.49.